The van der Waals surface area contributed by atoms with Crippen molar-refractivity contribution in [3.63, 3.8) is 0 Å². The molecule has 0 unspecified atom stereocenters. The second kappa shape index (κ2) is 5.82. The van der Waals surface area contributed by atoms with Crippen LogP contribution in [0.1, 0.15) is 23.5 Å². The van der Waals surface area contributed by atoms with Crippen LogP contribution in [0.15, 0.2) is 41.3 Å². The van der Waals surface area contributed by atoms with Crippen LogP contribution >= 0.6 is 11.8 Å². The van der Waals surface area contributed by atoms with Gasteiger partial charge in [0.2, 0.25) is 0 Å². The third-order valence-corrected chi connectivity index (χ3v) is 6.77. The number of anilines is 1. The Balaban J connectivity index is 1.64. The number of benzene rings is 2. The summed E-state index contributed by atoms with van der Waals surface area (Å²) in [5, 5.41) is 3.63. The molecule has 5 rings (SSSR count). The Labute approximate surface area is 148 Å². The van der Waals surface area contributed by atoms with E-state index in [1.54, 1.807) is 16.8 Å². The fraction of sp³-hybridized carbons (Fsp3) is 0.429. The van der Waals surface area contributed by atoms with E-state index in [1.807, 2.05) is 11.8 Å². The van der Waals surface area contributed by atoms with Crippen LogP contribution in [0, 0.1) is 5.92 Å². The Kier molecular flexibility index (Phi) is 3.60. The van der Waals surface area contributed by atoms with Crippen LogP contribution < -0.4 is 10.2 Å². The van der Waals surface area contributed by atoms with Gasteiger partial charge in [-0.15, -0.1) is 11.8 Å². The number of fused-ring (bicyclic) bond motifs is 2. The summed E-state index contributed by atoms with van der Waals surface area (Å²) in [5.74, 6) is 1.50. The topological polar surface area (TPSA) is 15.3 Å². The second-order valence-electron chi connectivity index (χ2n) is 7.38. The minimum Gasteiger partial charge on any atom is -0.371 e. The zero-order valence-corrected chi connectivity index (χ0v) is 15.0. The van der Waals surface area contributed by atoms with E-state index in [-0.39, 0.29) is 0 Å². The number of aryl methyl sites for hydroxylation is 1. The van der Waals surface area contributed by atoms with Crippen LogP contribution in [0.5, 0.6) is 0 Å². The molecule has 3 heteroatoms. The highest BCUT2D eigenvalue weighted by atomic mass is 32.2. The molecule has 0 aliphatic carbocycles. The van der Waals surface area contributed by atoms with E-state index in [4.69, 9.17) is 0 Å². The summed E-state index contributed by atoms with van der Waals surface area (Å²) in [6.07, 6.45) is 4.67. The Morgan fingerprint density at radius 2 is 1.96 bits per heavy atom. The molecule has 3 aliphatic heterocycles. The summed E-state index contributed by atoms with van der Waals surface area (Å²) >= 11 is 1.81. The van der Waals surface area contributed by atoms with E-state index >= 15 is 0 Å². The van der Waals surface area contributed by atoms with Gasteiger partial charge in [0, 0.05) is 42.7 Å². The van der Waals surface area contributed by atoms with E-state index in [0.29, 0.717) is 5.92 Å². The molecule has 0 saturated carbocycles. The SMILES string of the molecule is CSc1ccc(-c2cc3c4c(c2)[C@@H]2CNC[C@@H]2CN4CCC3)cc1. The molecule has 2 aromatic carbocycles. The number of hydrogen-bond donors (Lipinski definition) is 1. The summed E-state index contributed by atoms with van der Waals surface area (Å²) in [7, 11) is 0. The molecular formula is C21H24N2S. The molecule has 1 N–H and O–H groups in total. The Bertz CT molecular complexity index is 768. The monoisotopic (exact) mass is 336 g/mol. The number of nitrogens with zero attached hydrogens (tertiary/aromatic N) is 1. The van der Waals surface area contributed by atoms with Gasteiger partial charge >= 0.3 is 0 Å². The van der Waals surface area contributed by atoms with Crippen LogP contribution in [-0.2, 0) is 6.42 Å². The van der Waals surface area contributed by atoms with Crippen molar-refractivity contribution in [2.24, 2.45) is 5.92 Å². The molecule has 0 aromatic heterocycles. The highest BCUT2D eigenvalue weighted by molar-refractivity contribution is 7.98. The van der Waals surface area contributed by atoms with Gasteiger partial charge in [-0.2, -0.15) is 0 Å². The Morgan fingerprint density at radius 3 is 2.79 bits per heavy atom. The molecule has 1 fully saturated rings. The summed E-state index contributed by atoms with van der Waals surface area (Å²) in [5.41, 5.74) is 7.53. The molecule has 124 valence electrons. The molecule has 2 nitrogen and oxygen atoms in total. The third-order valence-electron chi connectivity index (χ3n) is 6.03. The van der Waals surface area contributed by atoms with Gasteiger partial charge in [0.1, 0.15) is 0 Å². The molecular weight excluding hydrogens is 312 g/mol. The molecule has 0 amide bonds. The highest BCUT2D eigenvalue weighted by Crippen LogP contribution is 2.46. The molecule has 3 aliphatic rings. The summed E-state index contributed by atoms with van der Waals surface area (Å²) in [6, 6.07) is 14.0. The largest absolute Gasteiger partial charge is 0.371 e. The first kappa shape index (κ1) is 14.9. The maximum absolute atomic E-state index is 3.63. The lowest BCUT2D eigenvalue weighted by atomic mass is 9.79. The van der Waals surface area contributed by atoms with Gasteiger partial charge in [0.25, 0.3) is 0 Å². The molecule has 2 aromatic rings. The summed E-state index contributed by atoms with van der Waals surface area (Å²) < 4.78 is 0. The first-order chi connectivity index (χ1) is 11.8. The van der Waals surface area contributed by atoms with Crippen molar-refractivity contribution in [1.29, 1.82) is 0 Å². The molecule has 0 bridgehead atoms. The molecule has 1 saturated heterocycles. The average molecular weight is 337 g/mol. The van der Waals surface area contributed by atoms with Crippen molar-refractivity contribution in [1.82, 2.24) is 5.32 Å². The van der Waals surface area contributed by atoms with Crippen LogP contribution in [0.2, 0.25) is 0 Å². The predicted molar refractivity (Wildman–Crippen MR) is 103 cm³/mol. The number of hydrogen-bond acceptors (Lipinski definition) is 3. The fourth-order valence-corrected chi connectivity index (χ4v) is 5.26. The highest BCUT2D eigenvalue weighted by Gasteiger charge is 2.38. The summed E-state index contributed by atoms with van der Waals surface area (Å²) in [6.45, 7) is 4.83. The lowest BCUT2D eigenvalue weighted by Gasteiger charge is -2.42. The van der Waals surface area contributed by atoms with Crippen molar-refractivity contribution in [2.45, 2.75) is 23.7 Å². The molecule has 2 atom stereocenters. The average Bonchev–Trinajstić information content (AvgIpc) is 3.10. The number of thioether (sulfide) groups is 1. The smallest absolute Gasteiger partial charge is 0.0435 e. The number of rotatable bonds is 2. The van der Waals surface area contributed by atoms with E-state index in [2.05, 4.69) is 52.9 Å². The lowest BCUT2D eigenvalue weighted by molar-refractivity contribution is 0.470. The van der Waals surface area contributed by atoms with Crippen LogP contribution in [0.3, 0.4) is 0 Å². The maximum atomic E-state index is 3.63. The van der Waals surface area contributed by atoms with E-state index in [9.17, 15) is 0 Å². The first-order valence-corrected chi connectivity index (χ1v) is 10.3. The van der Waals surface area contributed by atoms with Crippen molar-refractivity contribution >= 4 is 17.4 Å². The van der Waals surface area contributed by atoms with E-state index in [1.165, 1.54) is 48.5 Å². The normalized spacial score (nSPS) is 24.6. The summed E-state index contributed by atoms with van der Waals surface area (Å²) in [4.78, 5) is 4.01. The van der Waals surface area contributed by atoms with Crippen LogP contribution in [0.4, 0.5) is 5.69 Å². The zero-order valence-electron chi connectivity index (χ0n) is 14.2. The second-order valence-corrected chi connectivity index (χ2v) is 8.26. The molecule has 0 radical (unpaired) electrons. The van der Waals surface area contributed by atoms with Crippen molar-refractivity contribution < 1.29 is 0 Å². The minimum absolute atomic E-state index is 0.707. The molecule has 3 heterocycles. The van der Waals surface area contributed by atoms with Crippen LogP contribution in [0.25, 0.3) is 11.1 Å². The van der Waals surface area contributed by atoms with Gasteiger partial charge in [0.15, 0.2) is 0 Å². The van der Waals surface area contributed by atoms with Gasteiger partial charge < -0.3 is 10.2 Å². The maximum Gasteiger partial charge on any atom is 0.0435 e. The first-order valence-electron chi connectivity index (χ1n) is 9.10. The van der Waals surface area contributed by atoms with Crippen molar-refractivity contribution in [2.75, 3.05) is 37.3 Å². The van der Waals surface area contributed by atoms with E-state index < -0.39 is 0 Å². The van der Waals surface area contributed by atoms with Gasteiger partial charge in [-0.3, -0.25) is 0 Å². The van der Waals surface area contributed by atoms with E-state index in [0.717, 1.165) is 12.5 Å². The standard InChI is InChI=1S/C21H24N2S/c1-24-18-6-4-14(5-7-18)16-9-15-3-2-8-23-13-17-11-22-12-20(17)19(10-16)21(15)23/h4-7,9-10,17,20,22H,2-3,8,11-13H2,1H3/t17-,20-/m1/s1. The molecule has 24 heavy (non-hydrogen) atoms. The third kappa shape index (κ3) is 2.29. The predicted octanol–water partition coefficient (Wildman–Crippen LogP) is 4.14. The van der Waals surface area contributed by atoms with Crippen LogP contribution in [-0.4, -0.2) is 32.4 Å². The fourth-order valence-electron chi connectivity index (χ4n) is 4.85. The molecule has 0 spiro atoms. The van der Waals surface area contributed by atoms with Gasteiger partial charge in [0.05, 0.1) is 0 Å². The van der Waals surface area contributed by atoms with Crippen molar-refractivity contribution in [3.05, 3.63) is 47.5 Å². The van der Waals surface area contributed by atoms with Crippen molar-refractivity contribution in [3.8, 4) is 11.1 Å². The quantitative estimate of drug-likeness (QED) is 0.830. The zero-order chi connectivity index (χ0) is 16.1. The van der Waals surface area contributed by atoms with Gasteiger partial charge in [-0.1, -0.05) is 12.1 Å². The minimum atomic E-state index is 0.707. The Hall–Kier alpha value is -1.45. The van der Waals surface area contributed by atoms with Gasteiger partial charge in [-0.05, 0) is 71.5 Å². The van der Waals surface area contributed by atoms with Gasteiger partial charge in [-0.25, -0.2) is 0 Å². The lowest BCUT2D eigenvalue weighted by Crippen LogP contribution is -2.40. The Morgan fingerprint density at radius 1 is 1.08 bits per heavy atom. The number of nitrogens with one attached hydrogen (secondary N) is 1.